The lowest BCUT2D eigenvalue weighted by molar-refractivity contribution is 0.0987. The molecule has 0 unspecified atom stereocenters. The van der Waals surface area contributed by atoms with Crippen LogP contribution < -0.4 is 4.90 Å². The van der Waals surface area contributed by atoms with Crippen LogP contribution in [0.2, 0.25) is 0 Å². The standard InChI is InChI=1S/C10H15N3O2/c1-8(14)9-7-11-10(15-9)13-5-3-12(2)4-6-13/h7H,3-6H2,1-2H3. The summed E-state index contributed by atoms with van der Waals surface area (Å²) in [5.74, 6) is 0.256. The van der Waals surface area contributed by atoms with Crippen LogP contribution in [-0.4, -0.2) is 48.9 Å². The molecule has 15 heavy (non-hydrogen) atoms. The Morgan fingerprint density at radius 3 is 2.60 bits per heavy atom. The quantitative estimate of drug-likeness (QED) is 0.669. The van der Waals surface area contributed by atoms with Crippen LogP contribution in [0.15, 0.2) is 10.6 Å². The summed E-state index contributed by atoms with van der Waals surface area (Å²) >= 11 is 0. The molecule has 1 fully saturated rings. The molecule has 2 rings (SSSR count). The van der Waals surface area contributed by atoms with Crippen molar-refractivity contribution in [3.8, 4) is 0 Å². The van der Waals surface area contributed by atoms with E-state index in [9.17, 15) is 4.79 Å². The summed E-state index contributed by atoms with van der Waals surface area (Å²) in [7, 11) is 2.09. The van der Waals surface area contributed by atoms with Gasteiger partial charge >= 0.3 is 0 Å². The second-order valence-electron chi connectivity index (χ2n) is 3.85. The first kappa shape index (κ1) is 10.2. The van der Waals surface area contributed by atoms with E-state index in [0.29, 0.717) is 11.8 Å². The summed E-state index contributed by atoms with van der Waals surface area (Å²) < 4.78 is 5.37. The fraction of sp³-hybridized carbons (Fsp3) is 0.600. The third kappa shape index (κ3) is 2.18. The lowest BCUT2D eigenvalue weighted by atomic mass is 10.3. The minimum Gasteiger partial charge on any atom is -0.420 e. The van der Waals surface area contributed by atoms with Crippen LogP contribution >= 0.6 is 0 Å². The van der Waals surface area contributed by atoms with E-state index in [1.807, 2.05) is 0 Å². The number of carbonyl (C=O) groups is 1. The van der Waals surface area contributed by atoms with Crippen LogP contribution in [0.3, 0.4) is 0 Å². The molecule has 0 bridgehead atoms. The van der Waals surface area contributed by atoms with Gasteiger partial charge in [-0.2, -0.15) is 0 Å². The molecule has 1 aliphatic heterocycles. The molecule has 0 aliphatic carbocycles. The summed E-state index contributed by atoms with van der Waals surface area (Å²) in [5.41, 5.74) is 0. The first-order valence-electron chi connectivity index (χ1n) is 5.07. The minimum absolute atomic E-state index is 0.0807. The molecule has 0 atom stereocenters. The zero-order valence-corrected chi connectivity index (χ0v) is 9.06. The van der Waals surface area contributed by atoms with E-state index < -0.39 is 0 Å². The van der Waals surface area contributed by atoms with E-state index in [0.717, 1.165) is 26.2 Å². The van der Waals surface area contributed by atoms with Crippen molar-refractivity contribution in [2.45, 2.75) is 6.92 Å². The highest BCUT2D eigenvalue weighted by molar-refractivity contribution is 5.91. The molecular formula is C10H15N3O2. The molecule has 2 heterocycles. The maximum Gasteiger partial charge on any atom is 0.297 e. The van der Waals surface area contributed by atoms with Crippen molar-refractivity contribution >= 4 is 11.8 Å². The summed E-state index contributed by atoms with van der Waals surface area (Å²) in [6, 6.07) is 0.563. The second kappa shape index (κ2) is 4.02. The number of rotatable bonds is 2. The normalized spacial score (nSPS) is 18.1. The van der Waals surface area contributed by atoms with Gasteiger partial charge in [0, 0.05) is 33.1 Å². The maximum atomic E-state index is 11.0. The molecule has 82 valence electrons. The number of likely N-dealkylation sites (N-methyl/N-ethyl adjacent to an activating group) is 1. The van der Waals surface area contributed by atoms with Crippen molar-refractivity contribution in [1.29, 1.82) is 0 Å². The maximum absolute atomic E-state index is 11.0. The van der Waals surface area contributed by atoms with Gasteiger partial charge in [0.15, 0.2) is 11.5 Å². The number of ketones is 1. The Bertz CT molecular complexity index is 353. The average molecular weight is 209 g/mol. The number of aromatic nitrogens is 1. The summed E-state index contributed by atoms with van der Waals surface area (Å²) in [6.07, 6.45) is 1.50. The first-order valence-corrected chi connectivity index (χ1v) is 5.07. The molecule has 0 aromatic carbocycles. The number of piperazine rings is 1. The van der Waals surface area contributed by atoms with Gasteiger partial charge in [-0.15, -0.1) is 0 Å². The largest absolute Gasteiger partial charge is 0.420 e. The summed E-state index contributed by atoms with van der Waals surface area (Å²) in [6.45, 7) is 5.27. The number of carbonyl (C=O) groups excluding carboxylic acids is 1. The molecule has 1 aliphatic rings. The van der Waals surface area contributed by atoms with Crippen molar-refractivity contribution in [1.82, 2.24) is 9.88 Å². The second-order valence-corrected chi connectivity index (χ2v) is 3.85. The van der Waals surface area contributed by atoms with Gasteiger partial charge in [-0.05, 0) is 7.05 Å². The highest BCUT2D eigenvalue weighted by Crippen LogP contribution is 2.16. The van der Waals surface area contributed by atoms with Gasteiger partial charge in [-0.1, -0.05) is 0 Å². The van der Waals surface area contributed by atoms with Crippen molar-refractivity contribution in [3.63, 3.8) is 0 Å². The van der Waals surface area contributed by atoms with Crippen LogP contribution in [0.1, 0.15) is 17.5 Å². The van der Waals surface area contributed by atoms with Crippen LogP contribution in [0.25, 0.3) is 0 Å². The van der Waals surface area contributed by atoms with E-state index in [2.05, 4.69) is 21.8 Å². The number of hydrogen-bond donors (Lipinski definition) is 0. The van der Waals surface area contributed by atoms with Gasteiger partial charge in [-0.25, -0.2) is 4.98 Å². The third-order valence-electron chi connectivity index (χ3n) is 2.61. The number of oxazole rings is 1. The molecule has 5 nitrogen and oxygen atoms in total. The fourth-order valence-electron chi connectivity index (χ4n) is 1.57. The topological polar surface area (TPSA) is 49.6 Å². The highest BCUT2D eigenvalue weighted by Gasteiger charge is 2.19. The van der Waals surface area contributed by atoms with Crippen LogP contribution in [-0.2, 0) is 0 Å². The zero-order valence-electron chi connectivity index (χ0n) is 9.06. The number of Topliss-reactive ketones (excluding diaryl/α,β-unsaturated/α-hetero) is 1. The Kier molecular flexibility index (Phi) is 2.73. The molecule has 0 amide bonds. The van der Waals surface area contributed by atoms with E-state index >= 15 is 0 Å². The smallest absolute Gasteiger partial charge is 0.297 e. The van der Waals surface area contributed by atoms with Crippen molar-refractivity contribution in [3.05, 3.63) is 12.0 Å². The van der Waals surface area contributed by atoms with Gasteiger partial charge in [0.25, 0.3) is 6.01 Å². The predicted octanol–water partition coefficient (Wildman–Crippen LogP) is 0.629. The van der Waals surface area contributed by atoms with Crippen molar-refractivity contribution < 1.29 is 9.21 Å². The van der Waals surface area contributed by atoms with Crippen molar-refractivity contribution in [2.75, 3.05) is 38.1 Å². The van der Waals surface area contributed by atoms with Gasteiger partial charge in [0.2, 0.25) is 0 Å². The fourth-order valence-corrected chi connectivity index (χ4v) is 1.57. The lowest BCUT2D eigenvalue weighted by Crippen LogP contribution is -2.44. The molecule has 0 N–H and O–H groups in total. The number of anilines is 1. The molecule has 0 spiro atoms. The third-order valence-corrected chi connectivity index (χ3v) is 2.61. The van der Waals surface area contributed by atoms with Gasteiger partial charge < -0.3 is 14.2 Å². The number of hydrogen-bond acceptors (Lipinski definition) is 5. The average Bonchev–Trinajstić information content (AvgIpc) is 2.68. The van der Waals surface area contributed by atoms with Gasteiger partial charge in [0.1, 0.15) is 0 Å². The highest BCUT2D eigenvalue weighted by atomic mass is 16.4. The molecular weight excluding hydrogens is 194 g/mol. The SMILES string of the molecule is CC(=O)c1cnc(N2CCN(C)CC2)o1. The summed E-state index contributed by atoms with van der Waals surface area (Å²) in [5, 5.41) is 0. The van der Waals surface area contributed by atoms with E-state index in [-0.39, 0.29) is 5.78 Å². The van der Waals surface area contributed by atoms with Crippen LogP contribution in [0.4, 0.5) is 6.01 Å². The Morgan fingerprint density at radius 1 is 1.40 bits per heavy atom. The molecule has 5 heteroatoms. The minimum atomic E-state index is -0.0807. The van der Waals surface area contributed by atoms with Crippen LogP contribution in [0, 0.1) is 0 Å². The van der Waals surface area contributed by atoms with E-state index in [1.165, 1.54) is 13.1 Å². The Morgan fingerprint density at radius 2 is 2.07 bits per heavy atom. The van der Waals surface area contributed by atoms with Crippen molar-refractivity contribution in [2.24, 2.45) is 0 Å². The molecule has 0 radical (unpaired) electrons. The van der Waals surface area contributed by atoms with E-state index in [4.69, 9.17) is 4.42 Å². The van der Waals surface area contributed by atoms with Gasteiger partial charge in [0.05, 0.1) is 6.20 Å². The molecule has 1 aromatic heterocycles. The Labute approximate surface area is 88.7 Å². The van der Waals surface area contributed by atoms with Crippen LogP contribution in [0.5, 0.6) is 0 Å². The Hall–Kier alpha value is -1.36. The first-order chi connectivity index (χ1) is 7.16. The Balaban J connectivity index is 2.06. The predicted molar refractivity (Wildman–Crippen MR) is 56.2 cm³/mol. The van der Waals surface area contributed by atoms with Gasteiger partial charge in [-0.3, -0.25) is 4.79 Å². The lowest BCUT2D eigenvalue weighted by Gasteiger charge is -2.31. The van der Waals surface area contributed by atoms with E-state index in [1.54, 1.807) is 0 Å². The monoisotopic (exact) mass is 209 g/mol. The summed E-state index contributed by atoms with van der Waals surface area (Å²) in [4.78, 5) is 19.5. The number of nitrogens with zero attached hydrogens (tertiary/aromatic N) is 3. The molecule has 0 saturated carbocycles. The molecule has 1 saturated heterocycles. The zero-order chi connectivity index (χ0) is 10.8. The molecule has 1 aromatic rings.